The van der Waals surface area contributed by atoms with Crippen LogP contribution in [-0.2, 0) is 20.9 Å². The van der Waals surface area contributed by atoms with Gasteiger partial charge in [0.25, 0.3) is 5.69 Å². The third-order valence-corrected chi connectivity index (χ3v) is 5.16. The number of carbonyl (C=O) groups is 1. The van der Waals surface area contributed by atoms with Crippen LogP contribution in [-0.4, -0.2) is 47.1 Å². The third-order valence-electron chi connectivity index (χ3n) is 5.16. The first-order valence-corrected chi connectivity index (χ1v) is 9.98. The summed E-state index contributed by atoms with van der Waals surface area (Å²) in [5.74, 6) is -0.350. The molecule has 3 rings (SSSR count). The van der Waals surface area contributed by atoms with E-state index >= 15 is 0 Å². The summed E-state index contributed by atoms with van der Waals surface area (Å²) in [4.78, 5) is 22.0. The van der Waals surface area contributed by atoms with Crippen LogP contribution in [0.2, 0.25) is 0 Å². The van der Waals surface area contributed by atoms with Gasteiger partial charge in [-0.15, -0.1) is 0 Å². The lowest BCUT2D eigenvalue weighted by atomic mass is 9.89. The molecule has 0 saturated carbocycles. The monoisotopic (exact) mass is 430 g/mol. The Hall–Kier alpha value is -3.01. The minimum absolute atomic E-state index is 0.0730. The van der Waals surface area contributed by atoms with Gasteiger partial charge in [-0.25, -0.2) is 0 Å². The Labute approximate surface area is 180 Å². The van der Waals surface area contributed by atoms with Gasteiger partial charge in [-0.05, 0) is 17.7 Å². The standard InChI is InChI=1S/C22H26N2O7/c1-14-19(13-29-12-16-6-4-3-5-7-16)31-22(20(21(14)26)23-15(2)25)30-18-10-8-17(9-11-18)24(27)28/h3-11,14,19-22,26H,12-13H2,1-2H3,(H,23,25)/t14-,19?,20?,21+,22-/m1/s1. The minimum atomic E-state index is -0.998. The van der Waals surface area contributed by atoms with Gasteiger partial charge in [0.2, 0.25) is 12.2 Å². The van der Waals surface area contributed by atoms with Gasteiger partial charge < -0.3 is 24.6 Å². The van der Waals surface area contributed by atoms with Crippen molar-refractivity contribution in [2.75, 3.05) is 6.61 Å². The number of hydrogen-bond acceptors (Lipinski definition) is 7. The molecule has 1 aliphatic rings. The minimum Gasteiger partial charge on any atom is -0.463 e. The van der Waals surface area contributed by atoms with Crippen LogP contribution >= 0.6 is 0 Å². The molecule has 0 aromatic heterocycles. The number of hydrogen-bond donors (Lipinski definition) is 2. The zero-order chi connectivity index (χ0) is 22.4. The highest BCUT2D eigenvalue weighted by molar-refractivity contribution is 5.73. The van der Waals surface area contributed by atoms with Crippen molar-refractivity contribution in [3.05, 3.63) is 70.3 Å². The summed E-state index contributed by atoms with van der Waals surface area (Å²) in [6.45, 7) is 3.78. The molecule has 1 saturated heterocycles. The summed E-state index contributed by atoms with van der Waals surface area (Å²) in [6.07, 6.45) is -2.42. The second kappa shape index (κ2) is 10.3. The second-order valence-electron chi connectivity index (χ2n) is 7.49. The lowest BCUT2D eigenvalue weighted by Crippen LogP contribution is -2.62. The van der Waals surface area contributed by atoms with E-state index < -0.39 is 29.5 Å². The molecule has 9 nitrogen and oxygen atoms in total. The number of carbonyl (C=O) groups excluding carboxylic acids is 1. The van der Waals surface area contributed by atoms with Gasteiger partial charge in [0, 0.05) is 25.0 Å². The van der Waals surface area contributed by atoms with Gasteiger partial charge in [-0.2, -0.15) is 0 Å². The molecule has 2 aromatic carbocycles. The van der Waals surface area contributed by atoms with Gasteiger partial charge in [0.1, 0.15) is 11.8 Å². The Morgan fingerprint density at radius 2 is 1.87 bits per heavy atom. The quantitative estimate of drug-likeness (QED) is 0.487. The summed E-state index contributed by atoms with van der Waals surface area (Å²) < 4.78 is 17.7. The smallest absolute Gasteiger partial charge is 0.269 e. The van der Waals surface area contributed by atoms with Crippen LogP contribution in [0.5, 0.6) is 5.75 Å². The fraction of sp³-hybridized carbons (Fsp3) is 0.409. The predicted octanol–water partition coefficient (Wildman–Crippen LogP) is 2.42. The van der Waals surface area contributed by atoms with E-state index in [1.165, 1.54) is 31.2 Å². The Morgan fingerprint density at radius 1 is 1.19 bits per heavy atom. The molecule has 2 unspecified atom stereocenters. The summed E-state index contributed by atoms with van der Waals surface area (Å²) in [6, 6.07) is 14.4. The highest BCUT2D eigenvalue weighted by atomic mass is 16.7. The molecule has 1 fully saturated rings. The number of nitro groups is 1. The zero-order valence-corrected chi connectivity index (χ0v) is 17.3. The number of rotatable bonds is 8. The molecule has 5 atom stereocenters. The first kappa shape index (κ1) is 22.7. The molecule has 166 valence electrons. The van der Waals surface area contributed by atoms with E-state index in [0.717, 1.165) is 5.56 Å². The highest BCUT2D eigenvalue weighted by Crippen LogP contribution is 2.29. The highest BCUT2D eigenvalue weighted by Gasteiger charge is 2.45. The predicted molar refractivity (Wildman–Crippen MR) is 111 cm³/mol. The van der Waals surface area contributed by atoms with Gasteiger partial charge in [0.15, 0.2) is 0 Å². The summed E-state index contributed by atoms with van der Waals surface area (Å²) in [7, 11) is 0. The number of aliphatic hydroxyl groups excluding tert-OH is 1. The molecular weight excluding hydrogens is 404 g/mol. The van der Waals surface area contributed by atoms with Crippen molar-refractivity contribution in [2.45, 2.75) is 45.0 Å². The number of nitro benzene ring substituents is 1. The number of nitrogens with one attached hydrogen (secondary N) is 1. The van der Waals surface area contributed by atoms with Gasteiger partial charge >= 0.3 is 0 Å². The molecule has 31 heavy (non-hydrogen) atoms. The van der Waals surface area contributed by atoms with E-state index in [1.807, 2.05) is 37.3 Å². The fourth-order valence-corrected chi connectivity index (χ4v) is 3.42. The largest absolute Gasteiger partial charge is 0.463 e. The lowest BCUT2D eigenvalue weighted by molar-refractivity contribution is -0.384. The van der Waals surface area contributed by atoms with Crippen LogP contribution in [0, 0.1) is 16.0 Å². The van der Waals surface area contributed by atoms with Gasteiger partial charge in [-0.1, -0.05) is 37.3 Å². The van der Waals surface area contributed by atoms with E-state index in [1.54, 1.807) is 0 Å². The number of amides is 1. The van der Waals surface area contributed by atoms with Crippen molar-refractivity contribution in [1.29, 1.82) is 0 Å². The Bertz CT molecular complexity index is 875. The molecular formula is C22H26N2O7. The molecule has 0 spiro atoms. The molecule has 0 radical (unpaired) electrons. The van der Waals surface area contributed by atoms with E-state index in [9.17, 15) is 20.0 Å². The van der Waals surface area contributed by atoms with Crippen molar-refractivity contribution in [3.63, 3.8) is 0 Å². The molecule has 2 aromatic rings. The third kappa shape index (κ3) is 6.00. The average molecular weight is 430 g/mol. The van der Waals surface area contributed by atoms with Gasteiger partial charge in [0.05, 0.1) is 30.3 Å². The second-order valence-corrected chi connectivity index (χ2v) is 7.49. The first-order chi connectivity index (χ1) is 14.8. The number of aliphatic hydroxyl groups is 1. The average Bonchev–Trinajstić information content (AvgIpc) is 2.75. The maximum atomic E-state index is 11.7. The van der Waals surface area contributed by atoms with Crippen molar-refractivity contribution in [1.82, 2.24) is 5.32 Å². The molecule has 0 bridgehead atoms. The Balaban J connectivity index is 1.69. The SMILES string of the molecule is CC(=O)NC1[C@H](Oc2ccc([N+](=O)[O-])cc2)OC(COCc2ccccc2)[C@@H](C)[C@@H]1O. The molecule has 2 N–H and O–H groups in total. The van der Waals surface area contributed by atoms with Crippen LogP contribution in [0.25, 0.3) is 0 Å². The number of nitrogens with zero attached hydrogens (tertiary/aromatic N) is 1. The maximum Gasteiger partial charge on any atom is 0.269 e. The van der Waals surface area contributed by atoms with Crippen LogP contribution in [0.15, 0.2) is 54.6 Å². The van der Waals surface area contributed by atoms with Crippen molar-refractivity contribution < 1.29 is 29.0 Å². The fourth-order valence-electron chi connectivity index (χ4n) is 3.42. The topological polar surface area (TPSA) is 120 Å². The summed E-state index contributed by atoms with van der Waals surface area (Å²) >= 11 is 0. The van der Waals surface area contributed by atoms with E-state index in [0.29, 0.717) is 12.4 Å². The molecule has 9 heteroatoms. The van der Waals surface area contributed by atoms with Crippen LogP contribution < -0.4 is 10.1 Å². The van der Waals surface area contributed by atoms with Crippen LogP contribution in [0.3, 0.4) is 0 Å². The number of ether oxygens (including phenoxy) is 3. The zero-order valence-electron chi connectivity index (χ0n) is 17.3. The summed E-state index contributed by atoms with van der Waals surface area (Å²) in [5, 5.41) is 24.3. The van der Waals surface area contributed by atoms with Crippen LogP contribution in [0.1, 0.15) is 19.4 Å². The lowest BCUT2D eigenvalue weighted by Gasteiger charge is -2.43. The van der Waals surface area contributed by atoms with E-state index in [-0.39, 0.29) is 24.1 Å². The molecule has 1 aliphatic heterocycles. The van der Waals surface area contributed by atoms with E-state index in [2.05, 4.69) is 5.32 Å². The van der Waals surface area contributed by atoms with E-state index in [4.69, 9.17) is 14.2 Å². The maximum absolute atomic E-state index is 11.7. The Kier molecular flexibility index (Phi) is 7.56. The van der Waals surface area contributed by atoms with Crippen molar-refractivity contribution >= 4 is 11.6 Å². The normalized spacial score (nSPS) is 25.6. The molecule has 1 heterocycles. The van der Waals surface area contributed by atoms with Gasteiger partial charge in [-0.3, -0.25) is 14.9 Å². The number of non-ortho nitro benzene ring substituents is 1. The van der Waals surface area contributed by atoms with Crippen molar-refractivity contribution in [2.24, 2.45) is 5.92 Å². The van der Waals surface area contributed by atoms with Crippen molar-refractivity contribution in [3.8, 4) is 5.75 Å². The van der Waals surface area contributed by atoms with Crippen LogP contribution in [0.4, 0.5) is 5.69 Å². The summed E-state index contributed by atoms with van der Waals surface area (Å²) in [5.41, 5.74) is 0.942. The molecule has 0 aliphatic carbocycles. The Morgan fingerprint density at radius 3 is 2.48 bits per heavy atom. The first-order valence-electron chi connectivity index (χ1n) is 9.98. The number of benzene rings is 2. The molecule has 1 amide bonds.